The molecule has 3 aliphatic rings. The van der Waals surface area contributed by atoms with Crippen molar-refractivity contribution in [3.05, 3.63) is 24.3 Å². The highest BCUT2D eigenvalue weighted by Gasteiger charge is 2.62. The summed E-state index contributed by atoms with van der Waals surface area (Å²) in [7, 11) is 0. The molecular formula is C31H41N5O8S. The number of amides is 4. The van der Waals surface area contributed by atoms with Gasteiger partial charge in [0.2, 0.25) is 11.8 Å². The fourth-order valence-electron chi connectivity index (χ4n) is 6.20. The van der Waals surface area contributed by atoms with E-state index in [2.05, 4.69) is 20.9 Å². The van der Waals surface area contributed by atoms with Crippen LogP contribution in [0.5, 0.6) is 0 Å². The minimum atomic E-state index is -1.39. The maximum atomic E-state index is 14.0. The summed E-state index contributed by atoms with van der Waals surface area (Å²) in [6.45, 7) is 5.05. The molecule has 0 bridgehead atoms. The molecule has 1 aromatic carbocycles. The average Bonchev–Trinajstić information content (AvgIpc) is 3.27. The monoisotopic (exact) mass is 643 g/mol. The molecule has 1 saturated carbocycles. The molecule has 2 aromatic rings. The van der Waals surface area contributed by atoms with Gasteiger partial charge in [0.15, 0.2) is 5.13 Å². The van der Waals surface area contributed by atoms with Gasteiger partial charge in [0.1, 0.15) is 29.3 Å². The third-order valence-corrected chi connectivity index (χ3v) is 9.44. The highest BCUT2D eigenvalue weighted by Crippen LogP contribution is 2.47. The summed E-state index contributed by atoms with van der Waals surface area (Å²) in [6.07, 6.45) is 3.01. The van der Waals surface area contributed by atoms with Crippen molar-refractivity contribution in [2.24, 2.45) is 5.92 Å². The van der Waals surface area contributed by atoms with Crippen molar-refractivity contribution < 1.29 is 38.6 Å². The van der Waals surface area contributed by atoms with Crippen LogP contribution in [0.25, 0.3) is 10.2 Å². The summed E-state index contributed by atoms with van der Waals surface area (Å²) >= 11 is 1.28. The van der Waals surface area contributed by atoms with E-state index in [1.807, 2.05) is 24.3 Å². The number of benzene rings is 1. The molecule has 45 heavy (non-hydrogen) atoms. The number of nitrogens with zero attached hydrogens (tertiary/aromatic N) is 2. The molecule has 4 amide bonds. The highest BCUT2D eigenvalue weighted by atomic mass is 32.1. The number of carbonyl (C=O) groups is 5. The number of aliphatic carboxylic acids is 1. The Labute approximate surface area is 265 Å². The zero-order chi connectivity index (χ0) is 32.4. The first kappa shape index (κ1) is 32.5. The second kappa shape index (κ2) is 13.2. The number of anilines is 1. The summed E-state index contributed by atoms with van der Waals surface area (Å²) in [5, 5.41) is 18.4. The molecule has 1 aromatic heterocycles. The number of thiazole rings is 1. The number of hydrogen-bond donors (Lipinski definition) is 4. The van der Waals surface area contributed by atoms with Crippen LogP contribution in [0.2, 0.25) is 0 Å². The molecule has 2 aliphatic heterocycles. The van der Waals surface area contributed by atoms with Crippen molar-refractivity contribution in [3.8, 4) is 0 Å². The van der Waals surface area contributed by atoms with Gasteiger partial charge in [-0.25, -0.2) is 19.4 Å². The molecule has 14 heteroatoms. The van der Waals surface area contributed by atoms with Gasteiger partial charge in [-0.3, -0.25) is 14.9 Å². The van der Waals surface area contributed by atoms with E-state index in [0.717, 1.165) is 35.9 Å². The predicted octanol–water partition coefficient (Wildman–Crippen LogP) is 4.41. The lowest BCUT2D eigenvalue weighted by Crippen LogP contribution is -2.56. The molecule has 0 spiro atoms. The number of ether oxygens (including phenoxy) is 2. The fraction of sp³-hybridized carbons (Fsp3) is 0.613. The van der Waals surface area contributed by atoms with Gasteiger partial charge in [0.25, 0.3) is 0 Å². The van der Waals surface area contributed by atoms with Crippen LogP contribution >= 0.6 is 11.3 Å². The van der Waals surface area contributed by atoms with E-state index < -0.39 is 59.3 Å². The highest BCUT2D eigenvalue weighted by molar-refractivity contribution is 7.22. The van der Waals surface area contributed by atoms with Crippen molar-refractivity contribution in [1.82, 2.24) is 20.5 Å². The van der Waals surface area contributed by atoms with Crippen molar-refractivity contribution in [1.29, 1.82) is 0 Å². The standard InChI is InChI=1S/C31H41N5O8S/c1-30(2,3)44-29(42)33-21-13-8-6-4-5-7-11-18-16-31(18,26(39)40)35-24(37)22-15-19(17-36(22)25(21)38)43-28(41)34-27-32-20-12-9-10-14-23(20)45-27/h9-10,12,14,18-19,21-22H,4-8,11,13,15-17H2,1-3H3,(H,33,42)(H,35,37)(H,39,40)(H,32,34,41)/t18-,19-,21+,22+,31-/m1/s1. The number of hydrogen-bond acceptors (Lipinski definition) is 9. The number of aromatic nitrogens is 1. The Morgan fingerprint density at radius 3 is 2.49 bits per heavy atom. The van der Waals surface area contributed by atoms with Crippen molar-refractivity contribution in [2.45, 2.75) is 108 Å². The number of fused-ring (bicyclic) bond motifs is 3. The SMILES string of the molecule is CC(C)(C)OC(=O)N[C@H]1CCCCCCC[C@@H]2C[C@@]2(C(=O)O)NC(=O)[C@@H]2C[C@@H](OC(=O)Nc3nc4ccccc4s3)CN2C1=O. The van der Waals surface area contributed by atoms with Gasteiger partial charge < -0.3 is 30.1 Å². The quantitative estimate of drug-likeness (QED) is 0.376. The second-order valence-corrected chi connectivity index (χ2v) is 14.1. The van der Waals surface area contributed by atoms with E-state index in [9.17, 15) is 29.1 Å². The van der Waals surface area contributed by atoms with Gasteiger partial charge in [-0.2, -0.15) is 0 Å². The first-order valence-corrected chi connectivity index (χ1v) is 16.3. The molecule has 3 heterocycles. The fourth-order valence-corrected chi connectivity index (χ4v) is 7.05. The Morgan fingerprint density at radius 1 is 1.07 bits per heavy atom. The summed E-state index contributed by atoms with van der Waals surface area (Å²) in [5.74, 6) is -2.45. The molecular weight excluding hydrogens is 602 g/mol. The molecule has 0 radical (unpaired) electrons. The Morgan fingerprint density at radius 2 is 1.78 bits per heavy atom. The molecule has 244 valence electrons. The van der Waals surface area contributed by atoms with E-state index in [1.165, 1.54) is 16.2 Å². The Kier molecular flexibility index (Phi) is 9.52. The molecule has 1 aliphatic carbocycles. The van der Waals surface area contributed by atoms with E-state index in [0.29, 0.717) is 30.8 Å². The largest absolute Gasteiger partial charge is 0.479 e. The van der Waals surface area contributed by atoms with Crippen LogP contribution in [0, 0.1) is 5.92 Å². The minimum absolute atomic E-state index is 0.0373. The van der Waals surface area contributed by atoms with E-state index >= 15 is 0 Å². The van der Waals surface area contributed by atoms with E-state index in [-0.39, 0.29) is 18.9 Å². The first-order valence-electron chi connectivity index (χ1n) is 15.5. The van der Waals surface area contributed by atoms with Crippen LogP contribution in [-0.2, 0) is 23.9 Å². The smallest absolute Gasteiger partial charge is 0.413 e. The minimum Gasteiger partial charge on any atom is -0.479 e. The van der Waals surface area contributed by atoms with Crippen LogP contribution in [0.4, 0.5) is 14.7 Å². The van der Waals surface area contributed by atoms with Crippen molar-refractivity contribution in [2.75, 3.05) is 11.9 Å². The topological polar surface area (TPSA) is 176 Å². The molecule has 5 atom stereocenters. The zero-order valence-electron chi connectivity index (χ0n) is 25.8. The molecule has 13 nitrogen and oxygen atoms in total. The van der Waals surface area contributed by atoms with Crippen LogP contribution < -0.4 is 16.0 Å². The summed E-state index contributed by atoms with van der Waals surface area (Å²) in [5.41, 5.74) is -1.45. The van der Waals surface area contributed by atoms with Gasteiger partial charge in [0, 0.05) is 6.42 Å². The van der Waals surface area contributed by atoms with E-state index in [4.69, 9.17) is 9.47 Å². The first-order chi connectivity index (χ1) is 21.3. The number of carboxylic acid groups (broad SMARTS) is 1. The van der Waals surface area contributed by atoms with Crippen molar-refractivity contribution in [3.63, 3.8) is 0 Å². The number of rotatable bonds is 4. The maximum absolute atomic E-state index is 14.0. The molecule has 0 unspecified atom stereocenters. The normalized spacial score (nSPS) is 27.7. The average molecular weight is 644 g/mol. The van der Waals surface area contributed by atoms with Crippen LogP contribution in [0.3, 0.4) is 0 Å². The molecule has 2 saturated heterocycles. The van der Waals surface area contributed by atoms with Gasteiger partial charge in [-0.15, -0.1) is 0 Å². The number of carboxylic acids is 1. The third-order valence-electron chi connectivity index (χ3n) is 8.49. The number of para-hydroxylation sites is 1. The Balaban J connectivity index is 1.35. The predicted molar refractivity (Wildman–Crippen MR) is 166 cm³/mol. The van der Waals surface area contributed by atoms with Gasteiger partial charge in [-0.05, 0) is 58.1 Å². The Hall–Kier alpha value is -3.94. The summed E-state index contributed by atoms with van der Waals surface area (Å²) in [6, 6.07) is 5.32. The lowest BCUT2D eigenvalue weighted by atomic mass is 10.0. The summed E-state index contributed by atoms with van der Waals surface area (Å²) in [4.78, 5) is 71.3. The number of carbonyl (C=O) groups excluding carboxylic acids is 4. The lowest BCUT2D eigenvalue weighted by molar-refractivity contribution is -0.146. The van der Waals surface area contributed by atoms with Crippen LogP contribution in [0.1, 0.15) is 78.6 Å². The van der Waals surface area contributed by atoms with E-state index in [1.54, 1.807) is 20.8 Å². The van der Waals surface area contributed by atoms with Gasteiger partial charge in [-0.1, -0.05) is 55.6 Å². The lowest BCUT2D eigenvalue weighted by Gasteiger charge is -2.30. The third kappa shape index (κ3) is 7.84. The maximum Gasteiger partial charge on any atom is 0.413 e. The molecule has 4 N–H and O–H groups in total. The molecule has 5 rings (SSSR count). The van der Waals surface area contributed by atoms with Gasteiger partial charge in [0.05, 0.1) is 16.8 Å². The number of nitrogens with one attached hydrogen (secondary N) is 3. The summed E-state index contributed by atoms with van der Waals surface area (Å²) < 4.78 is 12.0. The zero-order valence-corrected chi connectivity index (χ0v) is 26.6. The molecule has 3 fully saturated rings. The van der Waals surface area contributed by atoms with Crippen LogP contribution in [-0.4, -0.2) is 80.8 Å². The van der Waals surface area contributed by atoms with Crippen molar-refractivity contribution >= 4 is 56.7 Å². The van der Waals surface area contributed by atoms with Gasteiger partial charge >= 0.3 is 18.2 Å². The van der Waals surface area contributed by atoms with Crippen LogP contribution in [0.15, 0.2) is 24.3 Å². The number of alkyl carbamates (subject to hydrolysis) is 1. The Bertz CT molecular complexity index is 1420. The second-order valence-electron chi connectivity index (χ2n) is 13.1.